The molecule has 1 aromatic heterocycles. The van der Waals surface area contributed by atoms with Gasteiger partial charge in [-0.25, -0.2) is 9.69 Å². The summed E-state index contributed by atoms with van der Waals surface area (Å²) in [7, 11) is 0. The van der Waals surface area contributed by atoms with Crippen LogP contribution in [-0.4, -0.2) is 28.5 Å². The summed E-state index contributed by atoms with van der Waals surface area (Å²) >= 11 is 0. The summed E-state index contributed by atoms with van der Waals surface area (Å²) in [6.07, 6.45) is 5.69. The highest BCUT2D eigenvalue weighted by atomic mass is 16.6. The van der Waals surface area contributed by atoms with Crippen molar-refractivity contribution < 1.29 is 14.3 Å². The average Bonchev–Trinajstić information content (AvgIpc) is 2.96. The predicted molar refractivity (Wildman–Crippen MR) is 80.6 cm³/mol. The number of imide groups is 1. The Bertz CT molecular complexity index is 698. The molecule has 2 amide bonds. The standard InChI is InChI=1S/C17H14N2O3/c20-16(7-6-13-8-10-18-11-9-13)19-15(12-22-17(19)21)14-4-2-1-3-5-14/h1-11,15H,12H2/t15-/m1/s1. The Labute approximate surface area is 127 Å². The van der Waals surface area contributed by atoms with Crippen LogP contribution in [0.3, 0.4) is 0 Å². The van der Waals surface area contributed by atoms with Gasteiger partial charge in [0.1, 0.15) is 12.6 Å². The van der Waals surface area contributed by atoms with Gasteiger partial charge in [-0.2, -0.15) is 0 Å². The molecule has 1 atom stereocenters. The van der Waals surface area contributed by atoms with Crippen molar-refractivity contribution in [3.8, 4) is 0 Å². The number of nitrogens with zero attached hydrogens (tertiary/aromatic N) is 2. The number of hydrogen-bond acceptors (Lipinski definition) is 4. The smallest absolute Gasteiger partial charge is 0.417 e. The van der Waals surface area contributed by atoms with Gasteiger partial charge in [-0.1, -0.05) is 30.3 Å². The van der Waals surface area contributed by atoms with Gasteiger partial charge in [-0.3, -0.25) is 9.78 Å². The molecule has 0 radical (unpaired) electrons. The van der Waals surface area contributed by atoms with Gasteiger partial charge in [0.2, 0.25) is 0 Å². The lowest BCUT2D eigenvalue weighted by molar-refractivity contribution is -0.124. The highest BCUT2D eigenvalue weighted by molar-refractivity contribution is 6.02. The fourth-order valence-electron chi connectivity index (χ4n) is 2.31. The van der Waals surface area contributed by atoms with Crippen molar-refractivity contribution in [3.05, 3.63) is 72.1 Å². The molecule has 1 aliphatic rings. The Morgan fingerprint density at radius 1 is 1.18 bits per heavy atom. The summed E-state index contributed by atoms with van der Waals surface area (Å²) in [5, 5.41) is 0. The third-order valence-electron chi connectivity index (χ3n) is 3.42. The molecule has 5 nitrogen and oxygen atoms in total. The van der Waals surface area contributed by atoms with Crippen LogP contribution in [0.4, 0.5) is 4.79 Å². The van der Waals surface area contributed by atoms with Gasteiger partial charge in [-0.15, -0.1) is 0 Å². The lowest BCUT2D eigenvalue weighted by atomic mass is 10.1. The number of rotatable bonds is 3. The lowest BCUT2D eigenvalue weighted by Gasteiger charge is -2.18. The number of cyclic esters (lactones) is 1. The van der Waals surface area contributed by atoms with Gasteiger partial charge in [0, 0.05) is 18.5 Å². The zero-order valence-corrected chi connectivity index (χ0v) is 11.8. The van der Waals surface area contributed by atoms with Crippen molar-refractivity contribution in [3.63, 3.8) is 0 Å². The number of pyridine rings is 1. The minimum Gasteiger partial charge on any atom is -0.446 e. The quantitative estimate of drug-likeness (QED) is 0.817. The molecule has 2 aromatic rings. The van der Waals surface area contributed by atoms with Crippen LogP contribution in [0, 0.1) is 0 Å². The summed E-state index contributed by atoms with van der Waals surface area (Å²) in [5.74, 6) is -0.395. The summed E-state index contributed by atoms with van der Waals surface area (Å²) in [5.41, 5.74) is 1.71. The second-order valence-electron chi connectivity index (χ2n) is 4.83. The van der Waals surface area contributed by atoms with Crippen LogP contribution < -0.4 is 0 Å². The summed E-state index contributed by atoms with van der Waals surface area (Å²) in [6.45, 7) is 0.178. The first-order chi connectivity index (χ1) is 10.8. The molecule has 110 valence electrons. The fraction of sp³-hybridized carbons (Fsp3) is 0.118. The molecule has 3 rings (SSSR count). The lowest BCUT2D eigenvalue weighted by Crippen LogP contribution is -2.32. The summed E-state index contributed by atoms with van der Waals surface area (Å²) in [6, 6.07) is 12.5. The first-order valence-electron chi connectivity index (χ1n) is 6.89. The monoisotopic (exact) mass is 294 g/mol. The van der Waals surface area contributed by atoms with E-state index in [2.05, 4.69) is 4.98 Å². The van der Waals surface area contributed by atoms with E-state index < -0.39 is 12.0 Å². The molecule has 22 heavy (non-hydrogen) atoms. The zero-order chi connectivity index (χ0) is 15.4. The second-order valence-corrected chi connectivity index (χ2v) is 4.83. The van der Waals surface area contributed by atoms with Crippen LogP contribution >= 0.6 is 0 Å². The van der Waals surface area contributed by atoms with Crippen LogP contribution in [0.15, 0.2) is 60.9 Å². The van der Waals surface area contributed by atoms with E-state index in [1.165, 1.54) is 6.08 Å². The van der Waals surface area contributed by atoms with Crippen LogP contribution in [-0.2, 0) is 9.53 Å². The van der Waals surface area contributed by atoms with Gasteiger partial charge in [0.15, 0.2) is 0 Å². The topological polar surface area (TPSA) is 59.5 Å². The number of carbonyl (C=O) groups is 2. The second kappa shape index (κ2) is 6.22. The molecule has 0 aliphatic carbocycles. The normalized spacial score (nSPS) is 17.7. The minimum atomic E-state index is -0.613. The molecular weight excluding hydrogens is 280 g/mol. The molecule has 1 aliphatic heterocycles. The first-order valence-corrected chi connectivity index (χ1v) is 6.89. The van der Waals surface area contributed by atoms with E-state index in [0.29, 0.717) is 0 Å². The maximum absolute atomic E-state index is 12.3. The van der Waals surface area contributed by atoms with E-state index in [9.17, 15) is 9.59 Å². The zero-order valence-electron chi connectivity index (χ0n) is 11.8. The largest absolute Gasteiger partial charge is 0.446 e. The van der Waals surface area contributed by atoms with Gasteiger partial charge < -0.3 is 4.74 Å². The maximum Gasteiger partial charge on any atom is 0.417 e. The minimum absolute atomic E-state index is 0.178. The number of hydrogen-bond donors (Lipinski definition) is 0. The summed E-state index contributed by atoms with van der Waals surface area (Å²) in [4.78, 5) is 29.2. The van der Waals surface area contributed by atoms with Crippen molar-refractivity contribution in [2.45, 2.75) is 6.04 Å². The molecule has 0 N–H and O–H groups in total. The van der Waals surface area contributed by atoms with E-state index in [1.807, 2.05) is 30.3 Å². The molecule has 5 heteroatoms. The molecule has 0 spiro atoms. The summed E-state index contributed by atoms with van der Waals surface area (Å²) < 4.78 is 5.03. The molecule has 1 fully saturated rings. The van der Waals surface area contributed by atoms with Crippen LogP contribution in [0.25, 0.3) is 6.08 Å². The number of benzene rings is 1. The van der Waals surface area contributed by atoms with Crippen molar-refractivity contribution in [2.75, 3.05) is 6.61 Å². The van der Waals surface area contributed by atoms with Crippen molar-refractivity contribution in [2.24, 2.45) is 0 Å². The Balaban J connectivity index is 1.80. The molecule has 0 unspecified atom stereocenters. The maximum atomic E-state index is 12.3. The number of ether oxygens (including phenoxy) is 1. The third kappa shape index (κ3) is 2.88. The predicted octanol–water partition coefficient (Wildman–Crippen LogP) is 2.81. The Hall–Kier alpha value is -2.95. The average molecular weight is 294 g/mol. The number of aromatic nitrogens is 1. The number of amides is 2. The highest BCUT2D eigenvalue weighted by Crippen LogP contribution is 2.27. The fourth-order valence-corrected chi connectivity index (χ4v) is 2.31. The SMILES string of the molecule is O=C(C=Cc1ccncc1)N1C(=O)OC[C@@H]1c1ccccc1. The molecule has 1 saturated heterocycles. The van der Waals surface area contributed by atoms with E-state index in [4.69, 9.17) is 4.74 Å². The van der Waals surface area contributed by atoms with Crippen LogP contribution in [0.5, 0.6) is 0 Å². The van der Waals surface area contributed by atoms with Crippen molar-refractivity contribution in [1.29, 1.82) is 0 Å². The Morgan fingerprint density at radius 2 is 1.91 bits per heavy atom. The molecular formula is C17H14N2O3. The molecule has 0 bridgehead atoms. The first kappa shape index (κ1) is 14.0. The van der Waals surface area contributed by atoms with E-state index in [0.717, 1.165) is 16.0 Å². The molecule has 1 aromatic carbocycles. The Morgan fingerprint density at radius 3 is 2.64 bits per heavy atom. The van der Waals surface area contributed by atoms with Crippen molar-refractivity contribution >= 4 is 18.1 Å². The van der Waals surface area contributed by atoms with Crippen LogP contribution in [0.1, 0.15) is 17.2 Å². The molecule has 2 heterocycles. The van der Waals surface area contributed by atoms with Crippen molar-refractivity contribution in [1.82, 2.24) is 9.88 Å². The third-order valence-corrected chi connectivity index (χ3v) is 3.42. The Kier molecular flexibility index (Phi) is 3.96. The van der Waals surface area contributed by atoms with E-state index >= 15 is 0 Å². The van der Waals surface area contributed by atoms with Gasteiger partial charge in [0.05, 0.1) is 0 Å². The molecule has 0 saturated carbocycles. The van der Waals surface area contributed by atoms with E-state index in [1.54, 1.807) is 30.6 Å². The number of carbonyl (C=O) groups excluding carboxylic acids is 2. The van der Waals surface area contributed by atoms with Crippen LogP contribution in [0.2, 0.25) is 0 Å². The van der Waals surface area contributed by atoms with Gasteiger partial charge in [-0.05, 0) is 29.3 Å². The highest BCUT2D eigenvalue weighted by Gasteiger charge is 2.37. The van der Waals surface area contributed by atoms with Gasteiger partial charge in [0.25, 0.3) is 5.91 Å². The van der Waals surface area contributed by atoms with Gasteiger partial charge >= 0.3 is 6.09 Å². The van der Waals surface area contributed by atoms with E-state index in [-0.39, 0.29) is 12.6 Å².